The summed E-state index contributed by atoms with van der Waals surface area (Å²) in [5, 5.41) is 7.40. The van der Waals surface area contributed by atoms with Gasteiger partial charge in [-0.15, -0.1) is 0 Å². The molecule has 1 aliphatic carbocycles. The topological polar surface area (TPSA) is 54.2 Å². The van der Waals surface area contributed by atoms with Crippen LogP contribution < -0.4 is 5.32 Å². The van der Waals surface area contributed by atoms with Crippen molar-refractivity contribution in [3.05, 3.63) is 11.7 Å². The fourth-order valence-electron chi connectivity index (χ4n) is 2.23. The van der Waals surface area contributed by atoms with Crippen LogP contribution in [0.3, 0.4) is 0 Å². The maximum atomic E-state index is 5.29. The highest BCUT2D eigenvalue weighted by atomic mass is 16.5. The van der Waals surface area contributed by atoms with Crippen LogP contribution in [0.25, 0.3) is 0 Å². The van der Waals surface area contributed by atoms with Crippen LogP contribution in [0.15, 0.2) is 4.52 Å². The van der Waals surface area contributed by atoms with E-state index in [2.05, 4.69) is 27.3 Å². The summed E-state index contributed by atoms with van der Waals surface area (Å²) < 4.78 is 5.29. The Morgan fingerprint density at radius 3 is 2.88 bits per heavy atom. The first kappa shape index (κ1) is 10.2. The third-order valence-electron chi connectivity index (χ3n) is 3.49. The van der Waals surface area contributed by atoms with Gasteiger partial charge in [-0.1, -0.05) is 12.1 Å². The van der Waals surface area contributed by atoms with E-state index in [0.717, 1.165) is 50.4 Å². The lowest BCUT2D eigenvalue weighted by atomic mass is 10.3. The van der Waals surface area contributed by atoms with Gasteiger partial charge in [0.05, 0.1) is 6.54 Å². The van der Waals surface area contributed by atoms with Crippen molar-refractivity contribution in [2.24, 2.45) is 5.92 Å². The van der Waals surface area contributed by atoms with Crippen molar-refractivity contribution in [3.63, 3.8) is 0 Å². The van der Waals surface area contributed by atoms with Gasteiger partial charge in [0.2, 0.25) is 5.89 Å². The summed E-state index contributed by atoms with van der Waals surface area (Å²) in [7, 11) is 0. The summed E-state index contributed by atoms with van der Waals surface area (Å²) in [6.07, 6.45) is 1.21. The molecule has 88 valence electrons. The van der Waals surface area contributed by atoms with Crippen LogP contribution in [-0.2, 0) is 6.54 Å². The lowest BCUT2D eigenvalue weighted by molar-refractivity contribution is 0.203. The summed E-state index contributed by atoms with van der Waals surface area (Å²) in [5.41, 5.74) is 0. The van der Waals surface area contributed by atoms with E-state index in [9.17, 15) is 0 Å². The molecule has 0 aromatic carbocycles. The molecule has 0 bridgehead atoms. The van der Waals surface area contributed by atoms with Crippen molar-refractivity contribution in [3.8, 4) is 0 Å². The van der Waals surface area contributed by atoms with Gasteiger partial charge in [-0.05, 0) is 12.3 Å². The van der Waals surface area contributed by atoms with E-state index < -0.39 is 0 Å². The Morgan fingerprint density at radius 2 is 2.19 bits per heavy atom. The van der Waals surface area contributed by atoms with Crippen LogP contribution in [0.5, 0.6) is 0 Å². The van der Waals surface area contributed by atoms with Crippen molar-refractivity contribution in [1.82, 2.24) is 20.4 Å². The normalized spacial score (nSPS) is 30.6. The molecular formula is C11H18N4O. The molecule has 3 rings (SSSR count). The highest BCUT2D eigenvalue weighted by Gasteiger charge is 2.38. The molecule has 2 aliphatic rings. The zero-order valence-corrected chi connectivity index (χ0v) is 9.65. The summed E-state index contributed by atoms with van der Waals surface area (Å²) in [6, 6.07) is 0. The molecule has 1 aromatic rings. The van der Waals surface area contributed by atoms with Gasteiger partial charge in [0.25, 0.3) is 0 Å². The summed E-state index contributed by atoms with van der Waals surface area (Å²) in [6.45, 7) is 7.28. The summed E-state index contributed by atoms with van der Waals surface area (Å²) >= 11 is 0. The Morgan fingerprint density at radius 1 is 1.44 bits per heavy atom. The smallest absolute Gasteiger partial charge is 0.240 e. The van der Waals surface area contributed by atoms with Crippen molar-refractivity contribution in [1.29, 1.82) is 0 Å². The first-order valence-electron chi connectivity index (χ1n) is 6.08. The predicted molar refractivity (Wildman–Crippen MR) is 59.0 cm³/mol. The fraction of sp³-hybridized carbons (Fsp3) is 0.818. The minimum Gasteiger partial charge on any atom is -0.338 e. The summed E-state index contributed by atoms with van der Waals surface area (Å²) in [4.78, 5) is 6.83. The number of aromatic nitrogens is 2. The van der Waals surface area contributed by atoms with E-state index in [4.69, 9.17) is 4.52 Å². The molecule has 16 heavy (non-hydrogen) atoms. The van der Waals surface area contributed by atoms with Crippen molar-refractivity contribution in [2.45, 2.75) is 25.8 Å². The van der Waals surface area contributed by atoms with Gasteiger partial charge in [0.15, 0.2) is 5.82 Å². The maximum Gasteiger partial charge on any atom is 0.240 e. The molecule has 0 amide bonds. The number of hydrogen-bond acceptors (Lipinski definition) is 5. The number of piperazine rings is 1. The Bertz CT molecular complexity index is 359. The first-order valence-corrected chi connectivity index (χ1v) is 6.08. The molecule has 5 heteroatoms. The van der Waals surface area contributed by atoms with Crippen LogP contribution in [0.2, 0.25) is 0 Å². The largest absolute Gasteiger partial charge is 0.338 e. The van der Waals surface area contributed by atoms with Gasteiger partial charge in [-0.3, -0.25) is 4.90 Å². The standard InChI is InChI=1S/C11H18N4O/c1-8-6-9(8)11-13-10(16-14-11)7-15-4-2-12-3-5-15/h8-9,12H,2-7H2,1H3. The second-order valence-electron chi connectivity index (χ2n) is 4.89. The number of nitrogens with zero attached hydrogens (tertiary/aromatic N) is 3. The Kier molecular flexibility index (Phi) is 2.65. The molecular weight excluding hydrogens is 204 g/mol. The third-order valence-corrected chi connectivity index (χ3v) is 3.49. The molecule has 2 unspecified atom stereocenters. The zero-order valence-electron chi connectivity index (χ0n) is 9.65. The fourth-order valence-corrected chi connectivity index (χ4v) is 2.23. The van der Waals surface area contributed by atoms with E-state index in [1.54, 1.807) is 0 Å². The van der Waals surface area contributed by atoms with Crippen LogP contribution in [0.1, 0.15) is 31.0 Å². The highest BCUT2D eigenvalue weighted by Crippen LogP contribution is 2.45. The number of rotatable bonds is 3. The van der Waals surface area contributed by atoms with E-state index >= 15 is 0 Å². The van der Waals surface area contributed by atoms with Crippen LogP contribution in [0.4, 0.5) is 0 Å². The molecule has 0 spiro atoms. The van der Waals surface area contributed by atoms with E-state index in [0.29, 0.717) is 5.92 Å². The Labute approximate surface area is 95.2 Å². The van der Waals surface area contributed by atoms with Gasteiger partial charge in [0, 0.05) is 32.1 Å². The average Bonchev–Trinajstić information content (AvgIpc) is 2.86. The SMILES string of the molecule is CC1CC1c1noc(CN2CCNCC2)n1. The maximum absolute atomic E-state index is 5.29. The molecule has 1 saturated heterocycles. The van der Waals surface area contributed by atoms with E-state index in [1.165, 1.54) is 6.42 Å². The van der Waals surface area contributed by atoms with Crippen molar-refractivity contribution >= 4 is 0 Å². The molecule has 2 heterocycles. The lowest BCUT2D eigenvalue weighted by Crippen LogP contribution is -2.42. The molecule has 1 N–H and O–H groups in total. The number of nitrogens with one attached hydrogen (secondary N) is 1. The van der Waals surface area contributed by atoms with E-state index in [-0.39, 0.29) is 0 Å². The molecule has 1 aromatic heterocycles. The van der Waals surface area contributed by atoms with Crippen LogP contribution in [-0.4, -0.2) is 41.2 Å². The third kappa shape index (κ3) is 2.10. The molecule has 1 aliphatic heterocycles. The predicted octanol–water partition coefficient (Wildman–Crippen LogP) is 0.598. The first-order chi connectivity index (χ1) is 7.83. The van der Waals surface area contributed by atoms with Crippen LogP contribution in [0, 0.1) is 5.92 Å². The second-order valence-corrected chi connectivity index (χ2v) is 4.89. The zero-order chi connectivity index (χ0) is 11.0. The molecule has 2 fully saturated rings. The molecule has 5 nitrogen and oxygen atoms in total. The number of hydrogen-bond donors (Lipinski definition) is 1. The minimum absolute atomic E-state index is 0.556. The Balaban J connectivity index is 1.59. The van der Waals surface area contributed by atoms with Gasteiger partial charge >= 0.3 is 0 Å². The van der Waals surface area contributed by atoms with E-state index in [1.807, 2.05) is 0 Å². The monoisotopic (exact) mass is 222 g/mol. The molecule has 2 atom stereocenters. The minimum atomic E-state index is 0.556. The highest BCUT2D eigenvalue weighted by molar-refractivity contribution is 5.07. The molecule has 1 saturated carbocycles. The lowest BCUT2D eigenvalue weighted by Gasteiger charge is -2.25. The molecule has 0 radical (unpaired) electrons. The second kappa shape index (κ2) is 4.14. The summed E-state index contributed by atoms with van der Waals surface area (Å²) in [5.74, 6) is 2.98. The quantitative estimate of drug-likeness (QED) is 0.811. The van der Waals surface area contributed by atoms with Crippen LogP contribution >= 0.6 is 0 Å². The van der Waals surface area contributed by atoms with Crippen molar-refractivity contribution < 1.29 is 4.52 Å². The van der Waals surface area contributed by atoms with Crippen molar-refractivity contribution in [2.75, 3.05) is 26.2 Å². The van der Waals surface area contributed by atoms with Gasteiger partial charge < -0.3 is 9.84 Å². The van der Waals surface area contributed by atoms with Gasteiger partial charge in [-0.2, -0.15) is 4.98 Å². The van der Waals surface area contributed by atoms with Gasteiger partial charge in [0.1, 0.15) is 0 Å². The van der Waals surface area contributed by atoms with Gasteiger partial charge in [-0.25, -0.2) is 0 Å². The average molecular weight is 222 g/mol. The Hall–Kier alpha value is -0.940.